The Morgan fingerprint density at radius 1 is 1.14 bits per heavy atom. The molecule has 0 atom stereocenters. The predicted octanol–water partition coefficient (Wildman–Crippen LogP) is 2.46. The maximum Gasteiger partial charge on any atom is 0.248 e. The van der Waals surface area contributed by atoms with E-state index in [4.69, 9.17) is 5.73 Å². The molecule has 2 aromatic heterocycles. The largest absolute Gasteiger partial charge is 0.366 e. The molecule has 4 aromatic rings. The number of aromatic nitrogens is 3. The van der Waals surface area contributed by atoms with E-state index < -0.39 is 5.91 Å². The van der Waals surface area contributed by atoms with Gasteiger partial charge in [-0.25, -0.2) is 0 Å². The van der Waals surface area contributed by atoms with E-state index >= 15 is 0 Å². The molecular weight excluding hydrogens is 352 g/mol. The number of benzene rings is 2. The molecule has 0 aliphatic heterocycles. The van der Waals surface area contributed by atoms with Crippen LogP contribution in [0, 0.1) is 0 Å². The van der Waals surface area contributed by atoms with E-state index in [1.54, 1.807) is 12.1 Å². The van der Waals surface area contributed by atoms with Crippen LogP contribution in [0.25, 0.3) is 33.2 Å². The molecule has 0 bridgehead atoms. The second-order valence-electron chi connectivity index (χ2n) is 7.28. The average Bonchev–Trinajstić information content (AvgIpc) is 3.27. The summed E-state index contributed by atoms with van der Waals surface area (Å²) in [5.74, 6) is -0.449. The van der Waals surface area contributed by atoms with Gasteiger partial charge in [0.2, 0.25) is 5.91 Å². The van der Waals surface area contributed by atoms with Gasteiger partial charge < -0.3 is 20.9 Å². The first kappa shape index (κ1) is 18.2. The van der Waals surface area contributed by atoms with Crippen LogP contribution in [-0.2, 0) is 6.54 Å². The lowest BCUT2D eigenvalue weighted by molar-refractivity contribution is 0.100. The standard InChI is InChI=1S/C21H24N6O/c1-27(2)8-7-23-12-13-3-6-17-15(9-13)11-19(24-17)20-16-5-4-14(21(22)28)10-18(16)25-26-20/h3-6,9-11,23-24H,7-8,12H2,1-2H3,(H2,22,28)(H,25,26). The number of carbonyl (C=O) groups excluding carboxylic acids is 1. The molecule has 0 saturated heterocycles. The zero-order chi connectivity index (χ0) is 19.7. The Morgan fingerprint density at radius 3 is 2.79 bits per heavy atom. The molecule has 2 aromatic carbocycles. The Kier molecular flexibility index (Phi) is 4.85. The van der Waals surface area contributed by atoms with E-state index in [-0.39, 0.29) is 0 Å². The summed E-state index contributed by atoms with van der Waals surface area (Å²) < 4.78 is 0. The molecule has 5 N–H and O–H groups in total. The molecule has 0 aliphatic rings. The number of amides is 1. The molecular formula is C21H24N6O. The van der Waals surface area contributed by atoms with E-state index in [1.807, 2.05) is 6.07 Å². The van der Waals surface area contributed by atoms with Gasteiger partial charge in [0.1, 0.15) is 5.69 Å². The molecule has 0 unspecified atom stereocenters. The summed E-state index contributed by atoms with van der Waals surface area (Å²) in [5, 5.41) is 13.0. The van der Waals surface area contributed by atoms with E-state index in [0.29, 0.717) is 5.56 Å². The number of hydrogen-bond acceptors (Lipinski definition) is 4. The Morgan fingerprint density at radius 2 is 2.00 bits per heavy atom. The molecule has 28 heavy (non-hydrogen) atoms. The number of hydrogen-bond donors (Lipinski definition) is 4. The number of aromatic amines is 2. The fourth-order valence-corrected chi connectivity index (χ4v) is 3.33. The topological polar surface area (TPSA) is 103 Å². The third-order valence-electron chi connectivity index (χ3n) is 4.85. The summed E-state index contributed by atoms with van der Waals surface area (Å²) in [6.45, 7) is 2.81. The van der Waals surface area contributed by atoms with Gasteiger partial charge >= 0.3 is 0 Å². The molecule has 7 heteroatoms. The van der Waals surface area contributed by atoms with Crippen molar-refractivity contribution < 1.29 is 4.79 Å². The van der Waals surface area contributed by atoms with Gasteiger partial charge in [0.25, 0.3) is 0 Å². The molecule has 0 radical (unpaired) electrons. The van der Waals surface area contributed by atoms with Crippen molar-refractivity contribution in [1.82, 2.24) is 25.4 Å². The molecule has 4 rings (SSSR count). The number of fused-ring (bicyclic) bond motifs is 2. The van der Waals surface area contributed by atoms with Gasteiger partial charge in [0.15, 0.2) is 0 Å². The zero-order valence-electron chi connectivity index (χ0n) is 16.0. The van der Waals surface area contributed by atoms with Crippen molar-refractivity contribution in [3.8, 4) is 11.4 Å². The van der Waals surface area contributed by atoms with Gasteiger partial charge in [-0.3, -0.25) is 9.89 Å². The summed E-state index contributed by atoms with van der Waals surface area (Å²) >= 11 is 0. The second kappa shape index (κ2) is 7.46. The fourth-order valence-electron chi connectivity index (χ4n) is 3.33. The van der Waals surface area contributed by atoms with Crippen molar-refractivity contribution in [3.05, 3.63) is 53.6 Å². The molecule has 0 saturated carbocycles. The van der Waals surface area contributed by atoms with Crippen molar-refractivity contribution in [2.75, 3.05) is 27.2 Å². The van der Waals surface area contributed by atoms with E-state index in [9.17, 15) is 4.79 Å². The Bertz CT molecular complexity index is 1140. The maximum absolute atomic E-state index is 11.4. The van der Waals surface area contributed by atoms with Crippen LogP contribution in [0.3, 0.4) is 0 Å². The summed E-state index contributed by atoms with van der Waals surface area (Å²) in [6.07, 6.45) is 0. The Balaban J connectivity index is 1.59. The van der Waals surface area contributed by atoms with Crippen molar-refractivity contribution in [1.29, 1.82) is 0 Å². The first-order valence-electron chi connectivity index (χ1n) is 9.26. The Labute approximate surface area is 162 Å². The first-order valence-corrected chi connectivity index (χ1v) is 9.26. The molecule has 0 fully saturated rings. The monoisotopic (exact) mass is 376 g/mol. The summed E-state index contributed by atoms with van der Waals surface area (Å²) in [4.78, 5) is 17.0. The minimum absolute atomic E-state index is 0.449. The van der Waals surface area contributed by atoms with Crippen LogP contribution in [0.2, 0.25) is 0 Å². The number of rotatable bonds is 7. The third kappa shape index (κ3) is 3.62. The van der Waals surface area contributed by atoms with Gasteiger partial charge in [-0.2, -0.15) is 5.10 Å². The highest BCUT2D eigenvalue weighted by Gasteiger charge is 2.12. The minimum atomic E-state index is -0.449. The predicted molar refractivity (Wildman–Crippen MR) is 112 cm³/mol. The van der Waals surface area contributed by atoms with Crippen LogP contribution < -0.4 is 11.1 Å². The number of carbonyl (C=O) groups is 1. The molecule has 7 nitrogen and oxygen atoms in total. The maximum atomic E-state index is 11.4. The molecule has 2 heterocycles. The molecule has 1 amide bonds. The van der Waals surface area contributed by atoms with Crippen molar-refractivity contribution >= 4 is 27.7 Å². The number of H-pyrrole nitrogens is 2. The summed E-state index contributed by atoms with van der Waals surface area (Å²) in [6, 6.07) is 13.9. The molecule has 144 valence electrons. The number of likely N-dealkylation sites (N-methyl/N-ethyl adjacent to an activating group) is 1. The van der Waals surface area contributed by atoms with Crippen LogP contribution in [0.1, 0.15) is 15.9 Å². The van der Waals surface area contributed by atoms with Crippen LogP contribution in [0.15, 0.2) is 42.5 Å². The highest BCUT2D eigenvalue weighted by atomic mass is 16.1. The van der Waals surface area contributed by atoms with Gasteiger partial charge in [-0.05, 0) is 56.1 Å². The minimum Gasteiger partial charge on any atom is -0.366 e. The lowest BCUT2D eigenvalue weighted by Gasteiger charge is -2.10. The Hall–Kier alpha value is -3.16. The second-order valence-corrected chi connectivity index (χ2v) is 7.28. The number of nitrogens with zero attached hydrogens (tertiary/aromatic N) is 2. The molecule has 0 spiro atoms. The molecule has 0 aliphatic carbocycles. The van der Waals surface area contributed by atoms with Crippen molar-refractivity contribution in [2.45, 2.75) is 6.54 Å². The van der Waals surface area contributed by atoms with Crippen LogP contribution in [0.4, 0.5) is 0 Å². The SMILES string of the molecule is CN(C)CCNCc1ccc2[nH]c(-c3n[nH]c4cc(C(N)=O)ccc34)cc2c1. The van der Waals surface area contributed by atoms with E-state index in [1.165, 1.54) is 5.56 Å². The van der Waals surface area contributed by atoms with E-state index in [0.717, 1.165) is 52.8 Å². The van der Waals surface area contributed by atoms with Gasteiger partial charge in [-0.1, -0.05) is 6.07 Å². The highest BCUT2D eigenvalue weighted by Crippen LogP contribution is 2.29. The fraction of sp³-hybridized carbons (Fsp3) is 0.238. The van der Waals surface area contributed by atoms with Crippen molar-refractivity contribution in [3.63, 3.8) is 0 Å². The lowest BCUT2D eigenvalue weighted by atomic mass is 10.1. The number of nitrogens with one attached hydrogen (secondary N) is 3. The van der Waals surface area contributed by atoms with Crippen LogP contribution in [0.5, 0.6) is 0 Å². The number of primary amides is 1. The van der Waals surface area contributed by atoms with Crippen LogP contribution >= 0.6 is 0 Å². The first-order chi connectivity index (χ1) is 13.5. The summed E-state index contributed by atoms with van der Waals surface area (Å²) in [7, 11) is 4.14. The highest BCUT2D eigenvalue weighted by molar-refractivity contribution is 6.00. The van der Waals surface area contributed by atoms with Gasteiger partial charge in [-0.15, -0.1) is 0 Å². The lowest BCUT2D eigenvalue weighted by Crippen LogP contribution is -2.26. The van der Waals surface area contributed by atoms with Crippen LogP contribution in [-0.4, -0.2) is 53.2 Å². The van der Waals surface area contributed by atoms with Gasteiger partial charge in [0.05, 0.1) is 11.2 Å². The normalized spacial score (nSPS) is 11.7. The van der Waals surface area contributed by atoms with E-state index in [2.05, 4.69) is 63.8 Å². The average molecular weight is 376 g/mol. The summed E-state index contributed by atoms with van der Waals surface area (Å²) in [5.41, 5.74) is 10.7. The van der Waals surface area contributed by atoms with Gasteiger partial charge in [0, 0.05) is 41.5 Å². The van der Waals surface area contributed by atoms with Crippen molar-refractivity contribution in [2.24, 2.45) is 5.73 Å². The third-order valence-corrected chi connectivity index (χ3v) is 4.85. The number of nitrogens with two attached hydrogens (primary N) is 1. The smallest absolute Gasteiger partial charge is 0.248 e. The zero-order valence-corrected chi connectivity index (χ0v) is 16.0. The quantitative estimate of drug-likeness (QED) is 0.372.